The molecule has 6 heteroatoms. The van der Waals surface area contributed by atoms with Crippen LogP contribution in [-0.4, -0.2) is 29.4 Å². The molecule has 114 valence electrons. The van der Waals surface area contributed by atoms with E-state index in [4.69, 9.17) is 0 Å². The number of aromatic nitrogens is 1. The quantitative estimate of drug-likeness (QED) is 0.917. The van der Waals surface area contributed by atoms with E-state index in [0.717, 1.165) is 0 Å². The van der Waals surface area contributed by atoms with Crippen LogP contribution in [0.25, 0.3) is 10.9 Å². The number of benzene rings is 1. The third-order valence-electron chi connectivity index (χ3n) is 3.11. The molecule has 0 spiro atoms. The van der Waals surface area contributed by atoms with Gasteiger partial charge in [-0.15, -0.1) is 0 Å². The van der Waals surface area contributed by atoms with Gasteiger partial charge in [0.2, 0.25) is 0 Å². The molecule has 1 N–H and O–H groups in total. The second-order valence-electron chi connectivity index (χ2n) is 4.84. The van der Waals surface area contributed by atoms with Crippen molar-refractivity contribution in [3.8, 4) is 0 Å². The molecule has 1 aromatic heterocycles. The summed E-state index contributed by atoms with van der Waals surface area (Å²) in [5, 5.41) is 9.92. The summed E-state index contributed by atoms with van der Waals surface area (Å²) < 4.78 is 38.4. The van der Waals surface area contributed by atoms with Crippen LogP contribution in [0, 0.1) is 0 Å². The van der Waals surface area contributed by atoms with Gasteiger partial charge in [-0.3, -0.25) is 4.98 Å². The number of hydrogen-bond acceptors (Lipinski definition) is 3. The summed E-state index contributed by atoms with van der Waals surface area (Å²) in [6.07, 6.45) is -3.68. The van der Waals surface area contributed by atoms with Gasteiger partial charge in [0.15, 0.2) is 0 Å². The number of halogens is 3. The summed E-state index contributed by atoms with van der Waals surface area (Å²) in [5.74, 6) is 0. The third-order valence-corrected chi connectivity index (χ3v) is 3.11. The maximum absolute atomic E-state index is 12.8. The van der Waals surface area contributed by atoms with Crippen LogP contribution >= 0.6 is 0 Å². The zero-order chi connectivity index (χ0) is 15.5. The Balaban J connectivity index is 2.54. The second-order valence-corrected chi connectivity index (χ2v) is 4.84. The number of para-hydroxylation sites is 1. The van der Waals surface area contributed by atoms with Crippen molar-refractivity contribution in [1.82, 2.24) is 4.98 Å². The number of hydrogen-bond donors (Lipinski definition) is 1. The Labute approximate surface area is 121 Å². The predicted molar refractivity (Wildman–Crippen MR) is 76.2 cm³/mol. The van der Waals surface area contributed by atoms with Gasteiger partial charge in [-0.2, -0.15) is 13.2 Å². The molecule has 2 rings (SSSR count). The maximum atomic E-state index is 12.8. The molecule has 2 aromatic rings. The van der Waals surface area contributed by atoms with Gasteiger partial charge < -0.3 is 10.0 Å². The monoisotopic (exact) mass is 298 g/mol. The van der Waals surface area contributed by atoms with Crippen molar-refractivity contribution in [1.29, 1.82) is 0 Å². The lowest BCUT2D eigenvalue weighted by atomic mass is 10.1. The molecule has 0 aliphatic rings. The first-order valence-electron chi connectivity index (χ1n) is 6.76. The lowest BCUT2D eigenvalue weighted by Crippen LogP contribution is -2.35. The lowest BCUT2D eigenvalue weighted by molar-refractivity contribution is -0.119. The Morgan fingerprint density at radius 3 is 2.57 bits per heavy atom. The number of aliphatic hydroxyl groups is 1. The molecule has 3 nitrogen and oxygen atoms in total. The van der Waals surface area contributed by atoms with Gasteiger partial charge in [-0.1, -0.05) is 25.1 Å². The summed E-state index contributed by atoms with van der Waals surface area (Å²) in [7, 11) is 0. The molecule has 0 saturated heterocycles. The van der Waals surface area contributed by atoms with Gasteiger partial charge in [0, 0.05) is 17.6 Å². The average molecular weight is 298 g/mol. The molecule has 0 radical (unpaired) electrons. The van der Waals surface area contributed by atoms with E-state index in [1.54, 1.807) is 24.3 Å². The normalized spacial score (nSPS) is 11.9. The van der Waals surface area contributed by atoms with E-state index in [9.17, 15) is 18.3 Å². The number of aliphatic hydroxyl groups excluding tert-OH is 1. The van der Waals surface area contributed by atoms with E-state index >= 15 is 0 Å². The number of nitrogens with zero attached hydrogens (tertiary/aromatic N) is 2. The van der Waals surface area contributed by atoms with Crippen molar-refractivity contribution in [2.75, 3.05) is 18.0 Å². The van der Waals surface area contributed by atoms with Gasteiger partial charge in [-0.25, -0.2) is 0 Å². The molecule has 1 heterocycles. The van der Waals surface area contributed by atoms with E-state index in [0.29, 0.717) is 35.2 Å². The molecule has 0 unspecified atom stereocenters. The first kappa shape index (κ1) is 15.6. The molecule has 1 aromatic carbocycles. The molecule has 0 bridgehead atoms. The van der Waals surface area contributed by atoms with Crippen LogP contribution in [0.5, 0.6) is 0 Å². The van der Waals surface area contributed by atoms with Crippen LogP contribution in [0.2, 0.25) is 0 Å². The molecule has 0 aliphatic carbocycles. The van der Waals surface area contributed by atoms with Crippen LogP contribution < -0.4 is 4.90 Å². The fourth-order valence-corrected chi connectivity index (χ4v) is 2.32. The first-order chi connectivity index (χ1) is 9.94. The largest absolute Gasteiger partial charge is 0.405 e. The van der Waals surface area contributed by atoms with E-state index < -0.39 is 12.7 Å². The lowest BCUT2D eigenvalue weighted by Gasteiger charge is -2.27. The molecular weight excluding hydrogens is 281 g/mol. The summed E-state index contributed by atoms with van der Waals surface area (Å²) in [6, 6.07) is 8.55. The highest BCUT2D eigenvalue weighted by Crippen LogP contribution is 2.29. The first-order valence-corrected chi connectivity index (χ1v) is 6.76. The molecule has 0 atom stereocenters. The Bertz CT molecular complexity index is 613. The van der Waals surface area contributed by atoms with Crippen molar-refractivity contribution < 1.29 is 18.3 Å². The van der Waals surface area contributed by atoms with Crippen molar-refractivity contribution in [3.63, 3.8) is 0 Å². The van der Waals surface area contributed by atoms with E-state index in [1.807, 2.05) is 6.92 Å². The van der Waals surface area contributed by atoms with Crippen LogP contribution in [0.4, 0.5) is 18.9 Å². The molecule has 21 heavy (non-hydrogen) atoms. The standard InChI is InChI=1S/C15H17F3N2O/c1-2-7-20(10-15(16,17)18)14-8-11(9-21)19-13-6-4-3-5-12(13)14/h3-6,8,21H,2,7,9-10H2,1H3. The fourth-order valence-electron chi connectivity index (χ4n) is 2.32. The Hall–Kier alpha value is -1.82. The van der Waals surface area contributed by atoms with Crippen LogP contribution in [0.15, 0.2) is 30.3 Å². The second kappa shape index (κ2) is 6.30. The fraction of sp³-hybridized carbons (Fsp3) is 0.400. The van der Waals surface area contributed by atoms with Crippen LogP contribution in [-0.2, 0) is 6.61 Å². The van der Waals surface area contributed by atoms with Gasteiger partial charge >= 0.3 is 6.18 Å². The Morgan fingerprint density at radius 1 is 1.24 bits per heavy atom. The van der Waals surface area contributed by atoms with E-state index in [2.05, 4.69) is 4.98 Å². The smallest absolute Gasteiger partial charge is 0.390 e. The minimum absolute atomic E-state index is 0.290. The molecule has 0 aliphatic heterocycles. The molecule has 0 fully saturated rings. The summed E-state index contributed by atoms with van der Waals surface area (Å²) in [4.78, 5) is 5.53. The van der Waals surface area contributed by atoms with E-state index in [-0.39, 0.29) is 6.61 Å². The van der Waals surface area contributed by atoms with Crippen molar-refractivity contribution in [3.05, 3.63) is 36.0 Å². The highest BCUT2D eigenvalue weighted by Gasteiger charge is 2.31. The number of anilines is 1. The van der Waals surface area contributed by atoms with Crippen molar-refractivity contribution in [2.24, 2.45) is 0 Å². The summed E-state index contributed by atoms with van der Waals surface area (Å²) in [6.45, 7) is 0.807. The number of fused-ring (bicyclic) bond motifs is 1. The number of rotatable bonds is 5. The predicted octanol–water partition coefficient (Wildman–Crippen LogP) is 3.51. The average Bonchev–Trinajstić information content (AvgIpc) is 2.44. The summed E-state index contributed by atoms with van der Waals surface area (Å²) in [5.41, 5.74) is 1.41. The maximum Gasteiger partial charge on any atom is 0.405 e. The highest BCUT2D eigenvalue weighted by molar-refractivity contribution is 5.92. The van der Waals surface area contributed by atoms with Crippen molar-refractivity contribution in [2.45, 2.75) is 26.1 Å². The molecular formula is C15H17F3N2O. The van der Waals surface area contributed by atoms with Crippen LogP contribution in [0.3, 0.4) is 0 Å². The zero-order valence-electron chi connectivity index (χ0n) is 11.7. The third kappa shape index (κ3) is 3.85. The van der Waals surface area contributed by atoms with E-state index in [1.165, 1.54) is 11.0 Å². The topological polar surface area (TPSA) is 36.4 Å². The van der Waals surface area contributed by atoms with Gasteiger partial charge in [0.05, 0.1) is 17.8 Å². The van der Waals surface area contributed by atoms with Gasteiger partial charge in [0.25, 0.3) is 0 Å². The van der Waals surface area contributed by atoms with Gasteiger partial charge in [0.1, 0.15) is 6.54 Å². The summed E-state index contributed by atoms with van der Waals surface area (Å²) >= 11 is 0. The molecule has 0 saturated carbocycles. The van der Waals surface area contributed by atoms with Gasteiger partial charge in [-0.05, 0) is 18.6 Å². The van der Waals surface area contributed by atoms with Crippen LogP contribution in [0.1, 0.15) is 19.0 Å². The number of pyridine rings is 1. The Morgan fingerprint density at radius 2 is 1.95 bits per heavy atom. The minimum Gasteiger partial charge on any atom is -0.390 e. The minimum atomic E-state index is -4.28. The number of alkyl halides is 3. The Kier molecular flexibility index (Phi) is 4.67. The molecule has 0 amide bonds. The SMILES string of the molecule is CCCN(CC(F)(F)F)c1cc(CO)nc2ccccc12. The highest BCUT2D eigenvalue weighted by atomic mass is 19.4. The zero-order valence-corrected chi connectivity index (χ0v) is 11.7. The van der Waals surface area contributed by atoms with Crippen molar-refractivity contribution >= 4 is 16.6 Å².